The predicted octanol–water partition coefficient (Wildman–Crippen LogP) is 1.57. The van der Waals surface area contributed by atoms with Crippen molar-refractivity contribution in [3.63, 3.8) is 0 Å². The molecule has 110 valence electrons. The Hall–Kier alpha value is -2.56. The summed E-state index contributed by atoms with van der Waals surface area (Å²) in [6, 6.07) is 7.73. The number of esters is 1. The van der Waals surface area contributed by atoms with Crippen LogP contribution in [0.2, 0.25) is 0 Å². The molecule has 1 aliphatic heterocycles. The summed E-state index contributed by atoms with van der Waals surface area (Å²) in [5.41, 5.74) is 2.64. The van der Waals surface area contributed by atoms with Crippen LogP contribution >= 0.6 is 0 Å². The molecule has 0 amide bonds. The van der Waals surface area contributed by atoms with E-state index in [1.54, 1.807) is 6.08 Å². The van der Waals surface area contributed by atoms with Crippen LogP contribution in [0.15, 0.2) is 42.2 Å². The minimum absolute atomic E-state index is 0.316. The van der Waals surface area contributed by atoms with Crippen LogP contribution < -0.4 is 10.2 Å². The van der Waals surface area contributed by atoms with E-state index in [4.69, 9.17) is 0 Å². The Labute approximate surface area is 123 Å². The van der Waals surface area contributed by atoms with E-state index in [0.717, 1.165) is 11.3 Å². The summed E-state index contributed by atoms with van der Waals surface area (Å²) in [5, 5.41) is 2.86. The summed E-state index contributed by atoms with van der Waals surface area (Å²) in [4.78, 5) is 25.8. The molecule has 1 saturated heterocycles. The molecule has 1 aromatic carbocycles. The highest BCUT2D eigenvalue weighted by Gasteiger charge is 2.38. The lowest BCUT2D eigenvalue weighted by Crippen LogP contribution is -2.21. The molecule has 0 spiro atoms. The molecule has 2 rings (SSSR count). The number of Topliss-reactive ketones (excluding diaryl/α,β-unsaturated/α-hetero) is 1. The quantitative estimate of drug-likeness (QED) is 0.519. The lowest BCUT2D eigenvalue weighted by Gasteiger charge is -2.11. The third-order valence-electron chi connectivity index (χ3n) is 3.33. The van der Waals surface area contributed by atoms with Gasteiger partial charge in [-0.1, -0.05) is 18.7 Å². The molecular weight excluding hydrogens is 268 g/mol. The molecule has 0 saturated carbocycles. The van der Waals surface area contributed by atoms with E-state index < -0.39 is 11.9 Å². The van der Waals surface area contributed by atoms with Gasteiger partial charge in [0.15, 0.2) is 11.7 Å². The number of hydrogen-bond donors (Lipinski definition) is 1. The van der Waals surface area contributed by atoms with Crippen LogP contribution in [0, 0.1) is 5.92 Å². The zero-order valence-corrected chi connectivity index (χ0v) is 12.3. The average molecular weight is 286 g/mol. The van der Waals surface area contributed by atoms with Crippen LogP contribution in [0.4, 0.5) is 5.69 Å². The topological polar surface area (TPSA) is 58.6 Å². The highest BCUT2D eigenvalue weighted by Crippen LogP contribution is 2.24. The zero-order chi connectivity index (χ0) is 15.6. The van der Waals surface area contributed by atoms with Crippen LogP contribution in [0.3, 0.4) is 0 Å². The van der Waals surface area contributed by atoms with Crippen LogP contribution in [0.1, 0.15) is 5.56 Å². The number of nitrogens with one attached hydrogen (secondary N) is 1. The summed E-state index contributed by atoms with van der Waals surface area (Å²) in [7, 11) is 5.17. The van der Waals surface area contributed by atoms with E-state index in [1.807, 2.05) is 43.3 Å². The number of ether oxygens (including phenoxy) is 1. The van der Waals surface area contributed by atoms with E-state index >= 15 is 0 Å². The lowest BCUT2D eigenvalue weighted by atomic mass is 10.0. The van der Waals surface area contributed by atoms with Crippen LogP contribution in [-0.2, 0) is 14.3 Å². The molecule has 5 nitrogen and oxygen atoms in total. The number of methoxy groups -OCH3 is 1. The summed E-state index contributed by atoms with van der Waals surface area (Å²) >= 11 is 0. The molecule has 21 heavy (non-hydrogen) atoms. The number of rotatable bonds is 3. The highest BCUT2D eigenvalue weighted by molar-refractivity contribution is 6.14. The minimum Gasteiger partial charge on any atom is -0.468 e. The Morgan fingerprint density at radius 2 is 1.95 bits per heavy atom. The first-order valence-electron chi connectivity index (χ1n) is 6.51. The third kappa shape index (κ3) is 2.97. The molecule has 1 aliphatic rings. The van der Waals surface area contributed by atoms with Crippen molar-refractivity contribution >= 4 is 23.5 Å². The minimum atomic E-state index is -0.956. The maximum absolute atomic E-state index is 12.2. The Morgan fingerprint density at radius 1 is 1.33 bits per heavy atom. The van der Waals surface area contributed by atoms with E-state index in [0.29, 0.717) is 11.4 Å². The van der Waals surface area contributed by atoms with Gasteiger partial charge in [0.2, 0.25) is 0 Å². The largest absolute Gasteiger partial charge is 0.468 e. The number of benzene rings is 1. The molecule has 1 aromatic rings. The Bertz CT molecular complexity index is 615. The van der Waals surface area contributed by atoms with Crippen LogP contribution in [0.5, 0.6) is 0 Å². The molecule has 0 radical (unpaired) electrons. The second kappa shape index (κ2) is 5.83. The molecule has 1 atom stereocenters. The number of hydrogen-bond acceptors (Lipinski definition) is 5. The van der Waals surface area contributed by atoms with Gasteiger partial charge in [0.25, 0.3) is 0 Å². The van der Waals surface area contributed by atoms with Gasteiger partial charge in [-0.15, -0.1) is 0 Å². The molecule has 5 heteroatoms. The van der Waals surface area contributed by atoms with Gasteiger partial charge in [0.1, 0.15) is 0 Å². The van der Waals surface area contributed by atoms with E-state index in [1.165, 1.54) is 7.11 Å². The van der Waals surface area contributed by atoms with Gasteiger partial charge in [-0.2, -0.15) is 0 Å². The van der Waals surface area contributed by atoms with Crippen molar-refractivity contribution in [3.8, 4) is 0 Å². The van der Waals surface area contributed by atoms with Crippen molar-refractivity contribution in [2.24, 2.45) is 5.92 Å². The summed E-state index contributed by atoms with van der Waals surface area (Å²) in [6.45, 7) is 3.70. The molecule has 1 N–H and O–H groups in total. The van der Waals surface area contributed by atoms with E-state index in [-0.39, 0.29) is 5.78 Å². The molecule has 0 bridgehead atoms. The first-order chi connectivity index (χ1) is 9.93. The van der Waals surface area contributed by atoms with Crippen molar-refractivity contribution in [1.82, 2.24) is 5.32 Å². The van der Waals surface area contributed by atoms with Gasteiger partial charge in [-0.25, -0.2) is 0 Å². The Morgan fingerprint density at radius 3 is 2.48 bits per heavy atom. The van der Waals surface area contributed by atoms with Crippen molar-refractivity contribution in [3.05, 3.63) is 47.8 Å². The fraction of sp³-hybridized carbons (Fsp3) is 0.250. The fourth-order valence-corrected chi connectivity index (χ4v) is 2.13. The number of carbonyl (C=O) groups is 2. The molecule has 0 aromatic heterocycles. The van der Waals surface area contributed by atoms with Crippen molar-refractivity contribution in [1.29, 1.82) is 0 Å². The van der Waals surface area contributed by atoms with Crippen LogP contribution in [0.25, 0.3) is 6.08 Å². The van der Waals surface area contributed by atoms with Gasteiger partial charge in [-0.05, 0) is 23.8 Å². The van der Waals surface area contributed by atoms with Crippen molar-refractivity contribution < 1.29 is 14.3 Å². The monoisotopic (exact) mass is 286 g/mol. The summed E-state index contributed by atoms with van der Waals surface area (Å²) in [6.07, 6.45) is 1.70. The average Bonchev–Trinajstić information content (AvgIpc) is 2.73. The summed E-state index contributed by atoms with van der Waals surface area (Å²) in [5.74, 6) is -1.87. The lowest BCUT2D eigenvalue weighted by molar-refractivity contribution is -0.146. The maximum Gasteiger partial charge on any atom is 0.322 e. The predicted molar refractivity (Wildman–Crippen MR) is 81.5 cm³/mol. The van der Waals surface area contributed by atoms with Gasteiger partial charge >= 0.3 is 5.97 Å². The Kier molecular flexibility index (Phi) is 4.12. The standard InChI is InChI=1S/C16H18N2O3/c1-10-14(16(20)21-4)15(19)13(17-10)9-11-5-7-12(8-6-11)18(2)3/h5-9,14,17H,1H2,2-4H3. The van der Waals surface area contributed by atoms with E-state index in [2.05, 4.69) is 16.6 Å². The van der Waals surface area contributed by atoms with Crippen LogP contribution in [-0.4, -0.2) is 33.0 Å². The third-order valence-corrected chi connectivity index (χ3v) is 3.33. The van der Waals surface area contributed by atoms with E-state index in [9.17, 15) is 9.59 Å². The van der Waals surface area contributed by atoms with Gasteiger partial charge in [0, 0.05) is 25.5 Å². The number of carbonyl (C=O) groups excluding carboxylic acids is 2. The fourth-order valence-electron chi connectivity index (χ4n) is 2.13. The molecule has 1 unspecified atom stereocenters. The first kappa shape index (κ1) is 14.8. The Balaban J connectivity index is 2.24. The van der Waals surface area contributed by atoms with Crippen molar-refractivity contribution in [2.45, 2.75) is 0 Å². The maximum atomic E-state index is 12.2. The SMILES string of the molecule is C=C1NC(=Cc2ccc(N(C)C)cc2)C(=O)C1C(=O)OC. The molecule has 0 aliphatic carbocycles. The number of nitrogens with zero attached hydrogens (tertiary/aromatic N) is 1. The second-order valence-electron chi connectivity index (χ2n) is 5.01. The molecule has 1 fully saturated rings. The smallest absolute Gasteiger partial charge is 0.322 e. The molecular formula is C16H18N2O3. The summed E-state index contributed by atoms with van der Waals surface area (Å²) < 4.78 is 4.62. The van der Waals surface area contributed by atoms with Crippen molar-refractivity contribution in [2.75, 3.05) is 26.1 Å². The second-order valence-corrected chi connectivity index (χ2v) is 5.01. The van der Waals surface area contributed by atoms with Gasteiger partial charge < -0.3 is 15.0 Å². The normalized spacial score (nSPS) is 19.6. The zero-order valence-electron chi connectivity index (χ0n) is 12.3. The number of ketones is 1. The number of anilines is 1. The number of allylic oxidation sites excluding steroid dienone is 1. The first-order valence-corrected chi connectivity index (χ1v) is 6.51. The highest BCUT2D eigenvalue weighted by atomic mass is 16.5. The van der Waals surface area contributed by atoms with Gasteiger partial charge in [-0.3, -0.25) is 9.59 Å². The molecule has 1 heterocycles. The van der Waals surface area contributed by atoms with Gasteiger partial charge in [0.05, 0.1) is 12.8 Å².